The third-order valence-electron chi connectivity index (χ3n) is 7.85. The number of nitrogens with zero attached hydrogens (tertiary/aromatic N) is 5. The van der Waals surface area contributed by atoms with Gasteiger partial charge in [0, 0.05) is 22.4 Å². The number of aromatic nitrogens is 5. The molecule has 5 aromatic rings. The van der Waals surface area contributed by atoms with Crippen LogP contribution >= 0.6 is 22.9 Å². The molecular formula is C32H31ClFN5O5S. The summed E-state index contributed by atoms with van der Waals surface area (Å²) in [5.74, 6) is -1.00. The molecule has 0 spiro atoms. The van der Waals surface area contributed by atoms with Gasteiger partial charge in [0.15, 0.2) is 10.8 Å². The molecule has 45 heavy (non-hydrogen) atoms. The molecule has 3 aromatic heterocycles. The number of fused-ring (bicyclic) bond motifs is 1. The lowest BCUT2D eigenvalue weighted by molar-refractivity contribution is 0.0697. The van der Waals surface area contributed by atoms with E-state index < -0.39 is 11.8 Å². The number of aromatic carboxylic acids is 1. The van der Waals surface area contributed by atoms with Gasteiger partial charge < -0.3 is 23.9 Å². The van der Waals surface area contributed by atoms with Crippen LogP contribution in [-0.4, -0.2) is 55.6 Å². The number of rotatable bonds is 10. The van der Waals surface area contributed by atoms with Crippen molar-refractivity contribution in [3.63, 3.8) is 0 Å². The minimum atomic E-state index is -0.999. The molecule has 1 atom stereocenters. The van der Waals surface area contributed by atoms with Crippen molar-refractivity contribution in [1.82, 2.24) is 24.7 Å². The largest absolute Gasteiger partial charge is 0.478 e. The summed E-state index contributed by atoms with van der Waals surface area (Å²) in [4.78, 5) is 21.1. The Labute approximate surface area is 267 Å². The second-order valence-corrected chi connectivity index (χ2v) is 13.0. The average molecular weight is 652 g/mol. The molecule has 234 valence electrons. The highest BCUT2D eigenvalue weighted by Crippen LogP contribution is 2.41. The molecule has 1 aliphatic heterocycles. The van der Waals surface area contributed by atoms with Crippen LogP contribution in [0, 0.1) is 18.2 Å². The first-order chi connectivity index (χ1) is 21.5. The summed E-state index contributed by atoms with van der Waals surface area (Å²) in [5.41, 5.74) is 4.39. The molecule has 0 bridgehead atoms. The van der Waals surface area contributed by atoms with Gasteiger partial charge >= 0.3 is 5.97 Å². The maximum absolute atomic E-state index is 14.7. The zero-order valence-corrected chi connectivity index (χ0v) is 26.7. The van der Waals surface area contributed by atoms with E-state index in [0.717, 1.165) is 28.0 Å². The van der Waals surface area contributed by atoms with E-state index in [-0.39, 0.29) is 29.5 Å². The second kappa shape index (κ2) is 12.3. The summed E-state index contributed by atoms with van der Waals surface area (Å²) < 4.78 is 33.6. The Bertz CT molecular complexity index is 1910. The fourth-order valence-corrected chi connectivity index (χ4v) is 6.42. The predicted molar refractivity (Wildman–Crippen MR) is 168 cm³/mol. The van der Waals surface area contributed by atoms with E-state index in [9.17, 15) is 14.3 Å². The van der Waals surface area contributed by atoms with E-state index in [1.807, 2.05) is 26.0 Å². The van der Waals surface area contributed by atoms with Crippen molar-refractivity contribution in [3.8, 4) is 22.3 Å². The molecule has 13 heteroatoms. The molecule has 0 saturated carbocycles. The minimum absolute atomic E-state index is 0.00537. The highest BCUT2D eigenvalue weighted by atomic mass is 35.5. The van der Waals surface area contributed by atoms with Crippen molar-refractivity contribution in [2.24, 2.45) is 5.41 Å². The van der Waals surface area contributed by atoms with Gasteiger partial charge in [0.2, 0.25) is 0 Å². The fraction of sp³-hybridized carbons (Fsp3) is 0.344. The Kier molecular flexibility index (Phi) is 8.47. The van der Waals surface area contributed by atoms with Crippen molar-refractivity contribution in [1.29, 1.82) is 0 Å². The zero-order chi connectivity index (χ0) is 31.9. The smallest absolute Gasteiger partial charge is 0.335 e. The second-order valence-electron chi connectivity index (χ2n) is 11.5. The summed E-state index contributed by atoms with van der Waals surface area (Å²) in [6.07, 6.45) is 0.403. The van der Waals surface area contributed by atoms with E-state index in [2.05, 4.69) is 33.6 Å². The summed E-state index contributed by atoms with van der Waals surface area (Å²) in [7, 11) is 0. The number of aryl methyl sites for hydroxylation is 1. The number of hydrogen-bond acceptors (Lipinski definition) is 9. The summed E-state index contributed by atoms with van der Waals surface area (Å²) in [6.45, 7) is 9.58. The van der Waals surface area contributed by atoms with Crippen LogP contribution in [0.1, 0.15) is 59.1 Å². The van der Waals surface area contributed by atoms with Crippen LogP contribution in [0.4, 0.5) is 4.39 Å². The number of carboxylic acid groups (broad SMARTS) is 1. The van der Waals surface area contributed by atoms with Gasteiger partial charge in [0.05, 0.1) is 48.2 Å². The molecule has 1 fully saturated rings. The highest BCUT2D eigenvalue weighted by Gasteiger charge is 2.39. The number of carbonyl (C=O) groups is 1. The summed E-state index contributed by atoms with van der Waals surface area (Å²) in [5, 5.41) is 19.0. The third kappa shape index (κ3) is 6.22. The van der Waals surface area contributed by atoms with Crippen molar-refractivity contribution in [2.45, 2.75) is 46.8 Å². The first-order valence-corrected chi connectivity index (χ1v) is 15.6. The number of carboxylic acids is 1. The van der Waals surface area contributed by atoms with Crippen LogP contribution in [0.25, 0.3) is 22.3 Å². The van der Waals surface area contributed by atoms with Gasteiger partial charge in [-0.2, -0.15) is 0 Å². The predicted octanol–water partition coefficient (Wildman–Crippen LogP) is 6.91. The van der Waals surface area contributed by atoms with Crippen LogP contribution in [-0.2, 0) is 17.8 Å². The maximum atomic E-state index is 14.7. The van der Waals surface area contributed by atoms with Gasteiger partial charge in [-0.1, -0.05) is 48.0 Å². The lowest BCUT2D eigenvalue weighted by Gasteiger charge is -2.28. The molecule has 1 unspecified atom stereocenters. The van der Waals surface area contributed by atoms with Crippen molar-refractivity contribution in [2.75, 3.05) is 19.8 Å². The van der Waals surface area contributed by atoms with Crippen LogP contribution in [0.5, 0.6) is 11.1 Å². The zero-order valence-electron chi connectivity index (χ0n) is 25.1. The number of ether oxygens (including phenoxy) is 3. The fourth-order valence-electron chi connectivity index (χ4n) is 5.53. The first kappa shape index (κ1) is 30.9. The molecule has 0 radical (unpaired) electrons. The van der Waals surface area contributed by atoms with Crippen molar-refractivity contribution in [3.05, 3.63) is 80.8 Å². The Hall–Kier alpha value is -4.13. The highest BCUT2D eigenvalue weighted by molar-refractivity contribution is 7.13. The van der Waals surface area contributed by atoms with E-state index >= 15 is 0 Å². The summed E-state index contributed by atoms with van der Waals surface area (Å²) >= 11 is 8.10. The van der Waals surface area contributed by atoms with Crippen LogP contribution in [0.15, 0.2) is 42.5 Å². The third-order valence-corrected chi connectivity index (χ3v) is 9.01. The van der Waals surface area contributed by atoms with E-state index in [4.69, 9.17) is 30.8 Å². The lowest BCUT2D eigenvalue weighted by atomic mass is 9.87. The van der Waals surface area contributed by atoms with Gasteiger partial charge in [0.1, 0.15) is 12.4 Å². The molecule has 1 aliphatic rings. The van der Waals surface area contributed by atoms with Gasteiger partial charge in [-0.25, -0.2) is 19.2 Å². The first-order valence-electron chi connectivity index (χ1n) is 14.4. The Morgan fingerprint density at radius 1 is 1.18 bits per heavy atom. The molecule has 1 N–H and O–H groups in total. The molecule has 10 nitrogen and oxygen atoms in total. The molecule has 1 saturated heterocycles. The Balaban J connectivity index is 1.31. The lowest BCUT2D eigenvalue weighted by Crippen LogP contribution is -2.27. The number of halogens is 2. The average Bonchev–Trinajstić information content (AvgIpc) is 3.70. The normalized spacial score (nSPS) is 15.9. The van der Waals surface area contributed by atoms with Crippen molar-refractivity contribution < 1.29 is 28.5 Å². The quantitative estimate of drug-likeness (QED) is 0.172. The molecule has 6 rings (SSSR count). The van der Waals surface area contributed by atoms with E-state index in [1.165, 1.54) is 17.4 Å². The minimum Gasteiger partial charge on any atom is -0.478 e. The monoisotopic (exact) mass is 651 g/mol. The van der Waals surface area contributed by atoms with E-state index in [1.54, 1.807) is 24.3 Å². The number of benzene rings is 2. The molecule has 0 aliphatic carbocycles. The Morgan fingerprint density at radius 2 is 2.00 bits per heavy atom. The maximum Gasteiger partial charge on any atom is 0.335 e. The molecular weight excluding hydrogens is 621 g/mol. The Morgan fingerprint density at radius 3 is 2.73 bits per heavy atom. The molecule has 2 aromatic carbocycles. The summed E-state index contributed by atoms with van der Waals surface area (Å²) in [6, 6.07) is 11.6. The van der Waals surface area contributed by atoms with Crippen LogP contribution < -0.4 is 9.47 Å². The standard InChI is InChI=1S/C32H31ClFN5O5S/c1-5-43-31-38-37-28(45-31)15-44-29-22(34)7-9-23(36-29)20-13-21(33)19(10-17(20)2)12-27-35-24-8-6-18(30(40)41)11-25(24)39(27)26-14-42-16-32(26,3)4/h6-11,13,26H,5,12,14-16H2,1-4H3,(H,40,41). The van der Waals surface area contributed by atoms with Crippen molar-refractivity contribution >= 4 is 39.9 Å². The van der Waals surface area contributed by atoms with Gasteiger partial charge in [-0.05, 0) is 61.4 Å². The molecule has 4 heterocycles. The van der Waals surface area contributed by atoms with Crippen LogP contribution in [0.2, 0.25) is 5.02 Å². The van der Waals surface area contributed by atoms with Crippen LogP contribution in [0.3, 0.4) is 0 Å². The van der Waals surface area contributed by atoms with Gasteiger partial charge in [-0.15, -0.1) is 5.10 Å². The molecule has 0 amide bonds. The van der Waals surface area contributed by atoms with Gasteiger partial charge in [-0.3, -0.25) is 0 Å². The number of pyridine rings is 1. The number of hydrogen-bond donors (Lipinski definition) is 1. The SMILES string of the molecule is CCOc1nnc(COc2nc(-c3cc(Cl)c(Cc4nc5ccc(C(=O)O)cc5n4C4COCC4(C)C)cc3C)ccc2F)s1. The topological polar surface area (TPSA) is 121 Å². The van der Waals surface area contributed by atoms with E-state index in [0.29, 0.717) is 52.7 Å². The number of imidazole rings is 1. The van der Waals surface area contributed by atoms with Gasteiger partial charge in [0.25, 0.3) is 11.1 Å².